The van der Waals surface area contributed by atoms with Crippen LogP contribution in [0.5, 0.6) is 0 Å². The summed E-state index contributed by atoms with van der Waals surface area (Å²) in [6.45, 7) is 0. The largest absolute Gasteiger partial charge is 0.518 e. The summed E-state index contributed by atoms with van der Waals surface area (Å²) in [5.41, 5.74) is -10.2. The van der Waals surface area contributed by atoms with Gasteiger partial charge in [-0.1, -0.05) is 0 Å². The van der Waals surface area contributed by atoms with Gasteiger partial charge in [0.2, 0.25) is 0 Å². The van der Waals surface area contributed by atoms with Crippen molar-refractivity contribution in [2.45, 2.75) is 88.9 Å². The second kappa shape index (κ2) is 11.6. The molecule has 0 unspecified atom stereocenters. The second-order valence-corrected chi connectivity index (χ2v) is 12.4. The molecule has 0 atom stereocenters. The van der Waals surface area contributed by atoms with Crippen molar-refractivity contribution in [2.75, 3.05) is 0 Å². The van der Waals surface area contributed by atoms with Gasteiger partial charge in [-0.3, -0.25) is 0 Å². The van der Waals surface area contributed by atoms with Gasteiger partial charge >= 0.3 is 97.2 Å². The fraction of sp³-hybridized carbons (Fsp3) is 1.00. The van der Waals surface area contributed by atoms with E-state index < -0.39 is 97.2 Å². The van der Waals surface area contributed by atoms with E-state index in [0.29, 0.717) is 0 Å². The van der Waals surface area contributed by atoms with Crippen LogP contribution in [-0.2, 0) is 4.43 Å². The van der Waals surface area contributed by atoms with E-state index in [4.69, 9.17) is 0 Å². The van der Waals surface area contributed by atoms with Crippen molar-refractivity contribution in [3.63, 3.8) is 0 Å². The third-order valence-electron chi connectivity index (χ3n) is 5.76. The monoisotopic (exact) mass is 870 g/mol. The third-order valence-corrected chi connectivity index (χ3v) is 9.11. The molecule has 0 saturated carbocycles. The fourth-order valence-electron chi connectivity index (χ4n) is 2.92. The molecule has 0 aromatic heterocycles. The molecule has 0 amide bonds. The molecule has 308 valence electrons. The minimum atomic E-state index is -12.1. The highest BCUT2D eigenvalue weighted by Gasteiger charge is 3.03. The topological polar surface area (TPSA) is 9.23 Å². The molecule has 0 aliphatic rings. The van der Waals surface area contributed by atoms with E-state index in [1.165, 1.54) is 0 Å². The molecular formula is C15F34OSi. The van der Waals surface area contributed by atoms with Crippen LogP contribution in [0.4, 0.5) is 149 Å². The summed E-state index contributed by atoms with van der Waals surface area (Å²) in [7, 11) is -12.1. The Morgan fingerprint density at radius 3 is 0.608 bits per heavy atom. The predicted molar refractivity (Wildman–Crippen MR) is 85.5 cm³/mol. The molecule has 51 heavy (non-hydrogen) atoms. The van der Waals surface area contributed by atoms with Crippen molar-refractivity contribution in [3.05, 3.63) is 0 Å². The molecule has 0 aromatic rings. The van der Waals surface area contributed by atoms with E-state index in [0.717, 1.165) is 4.43 Å². The van der Waals surface area contributed by atoms with Gasteiger partial charge in [0, 0.05) is 0 Å². The number of halogens is 34. The Balaban J connectivity index is 8.10. The molecular weight excluding hydrogens is 870 g/mol. The van der Waals surface area contributed by atoms with Gasteiger partial charge in [0.05, 0.1) is 0 Å². The minimum Gasteiger partial charge on any atom is -0.332 e. The zero-order valence-corrected chi connectivity index (χ0v) is 22.3. The van der Waals surface area contributed by atoms with E-state index >= 15 is 0 Å². The van der Waals surface area contributed by atoms with Crippen LogP contribution >= 0.6 is 0 Å². The van der Waals surface area contributed by atoms with Crippen molar-refractivity contribution in [1.82, 2.24) is 0 Å². The lowest BCUT2D eigenvalue weighted by Crippen LogP contribution is -2.85. The van der Waals surface area contributed by atoms with E-state index in [-0.39, 0.29) is 0 Å². The standard InChI is InChI=1S/C15F34OSi/c16-1(17,2(18,19)4(22,23)6(26,27)8(30,31)10(34,35)36)3(20,21)5(24,25)7(28,29)9(32,33)13(42,43)51(14(44,45)46,15(47,48)49)50-12(40,41)11(37,38)39. The van der Waals surface area contributed by atoms with Crippen LogP contribution in [0, 0.1) is 0 Å². The average molecular weight is 870 g/mol. The smallest absolute Gasteiger partial charge is 0.332 e. The molecule has 0 rings (SSSR count). The summed E-state index contributed by atoms with van der Waals surface area (Å²) in [4.78, 5) is 0. The molecule has 0 radical (unpaired) electrons. The van der Waals surface area contributed by atoms with Crippen LogP contribution in [0.3, 0.4) is 0 Å². The molecule has 0 aliphatic heterocycles. The van der Waals surface area contributed by atoms with Gasteiger partial charge in [0.1, 0.15) is 0 Å². The first kappa shape index (κ1) is 48.8. The van der Waals surface area contributed by atoms with Crippen molar-refractivity contribution < 1.29 is 154 Å². The van der Waals surface area contributed by atoms with E-state index in [1.807, 2.05) is 0 Å². The van der Waals surface area contributed by atoms with Crippen LogP contribution in [0.1, 0.15) is 0 Å². The molecule has 0 bridgehead atoms. The van der Waals surface area contributed by atoms with Crippen LogP contribution in [0.2, 0.25) is 0 Å². The Bertz CT molecular complexity index is 1240. The lowest BCUT2D eigenvalue weighted by molar-refractivity contribution is -0.477. The minimum absolute atomic E-state index is 0.748. The lowest BCUT2D eigenvalue weighted by Gasteiger charge is -2.47. The van der Waals surface area contributed by atoms with Crippen LogP contribution in [-0.4, -0.2) is 97.2 Å². The Hall–Kier alpha value is -2.20. The van der Waals surface area contributed by atoms with Crippen molar-refractivity contribution in [2.24, 2.45) is 0 Å². The van der Waals surface area contributed by atoms with Crippen molar-refractivity contribution in [1.29, 1.82) is 0 Å². The highest BCUT2D eigenvalue weighted by atomic mass is 28.4. The summed E-state index contributed by atoms with van der Waals surface area (Å²) in [6.07, 6.45) is -25.4. The van der Waals surface area contributed by atoms with Gasteiger partial charge in [-0.2, -0.15) is 140 Å². The Morgan fingerprint density at radius 2 is 0.431 bits per heavy atom. The molecule has 0 aliphatic carbocycles. The van der Waals surface area contributed by atoms with Crippen molar-refractivity contribution >= 4 is 8.32 Å². The Morgan fingerprint density at radius 1 is 0.235 bits per heavy atom. The van der Waals surface area contributed by atoms with Crippen molar-refractivity contribution in [3.8, 4) is 0 Å². The maximum absolute atomic E-state index is 14.2. The van der Waals surface area contributed by atoms with E-state index in [2.05, 4.69) is 0 Å². The van der Waals surface area contributed by atoms with Gasteiger partial charge in [-0.05, 0) is 0 Å². The molecule has 0 saturated heterocycles. The molecule has 36 heteroatoms. The van der Waals surface area contributed by atoms with Crippen LogP contribution in [0.15, 0.2) is 0 Å². The first-order valence-corrected chi connectivity index (χ1v) is 12.2. The maximum atomic E-state index is 14.2. The van der Waals surface area contributed by atoms with E-state index in [1.54, 1.807) is 0 Å². The number of hydrogen-bond acceptors (Lipinski definition) is 1. The molecule has 0 aromatic carbocycles. The molecule has 0 spiro atoms. The predicted octanol–water partition coefficient (Wildman–Crippen LogP) is 10.8. The molecule has 0 fully saturated rings. The summed E-state index contributed by atoms with van der Waals surface area (Å²) >= 11 is 0. The average Bonchev–Trinajstić information content (AvgIpc) is 2.83. The first-order valence-electron chi connectivity index (χ1n) is 10.3. The van der Waals surface area contributed by atoms with Crippen LogP contribution < -0.4 is 0 Å². The summed E-state index contributed by atoms with van der Waals surface area (Å²) < 4.78 is 451. The van der Waals surface area contributed by atoms with Gasteiger partial charge < -0.3 is 4.43 Å². The van der Waals surface area contributed by atoms with E-state index in [9.17, 15) is 149 Å². The molecule has 0 N–H and O–H groups in total. The molecule has 0 heterocycles. The zero-order chi connectivity index (χ0) is 42.7. The highest BCUT2D eigenvalue weighted by molar-refractivity contribution is 6.80. The summed E-state index contributed by atoms with van der Waals surface area (Å²) in [6, 6.07) is 0. The number of alkyl halides is 34. The summed E-state index contributed by atoms with van der Waals surface area (Å²) in [5.74, 6) is -108. The maximum Gasteiger partial charge on any atom is 0.518 e. The normalized spacial score (nSPS) is 17.3. The zero-order valence-electron chi connectivity index (χ0n) is 21.3. The number of hydrogen-bond donors (Lipinski definition) is 0. The third kappa shape index (κ3) is 5.95. The Labute approximate surface area is 252 Å². The van der Waals surface area contributed by atoms with Crippen LogP contribution in [0.25, 0.3) is 0 Å². The van der Waals surface area contributed by atoms with Gasteiger partial charge in [0.15, 0.2) is 0 Å². The quantitative estimate of drug-likeness (QED) is 0.140. The van der Waals surface area contributed by atoms with Gasteiger partial charge in [-0.25, -0.2) is 8.78 Å². The fourth-order valence-corrected chi connectivity index (χ4v) is 5.42. The van der Waals surface area contributed by atoms with Gasteiger partial charge in [0.25, 0.3) is 0 Å². The first-order chi connectivity index (χ1) is 21.2. The number of rotatable bonds is 12. The highest BCUT2D eigenvalue weighted by Crippen LogP contribution is 2.69. The second-order valence-electron chi connectivity index (χ2n) is 9.03. The van der Waals surface area contributed by atoms with Gasteiger partial charge in [-0.15, -0.1) is 0 Å². The lowest BCUT2D eigenvalue weighted by atomic mass is 9.86. The summed E-state index contributed by atoms with van der Waals surface area (Å²) in [5, 5.41) is 0. The Kier molecular flexibility index (Phi) is 11.1. The molecule has 1 nitrogen and oxygen atoms in total. The SMILES string of the molecule is FC(F)(F)C(F)(F)O[Si](C(F)(F)F)(C(F)(F)F)C(F)(F)C(F)(F)C(F)(F)C(F)(F)C(F)(F)C(F)(F)C(F)(F)C(F)(F)C(F)(F)C(F)(F)C(F)(F)F.